The zero-order chi connectivity index (χ0) is 8.85. The van der Waals surface area contributed by atoms with Crippen molar-refractivity contribution in [3.05, 3.63) is 36.3 Å². The number of ether oxygens (including phenoxy) is 1. The molecule has 0 aromatic heterocycles. The Labute approximate surface area is 65.3 Å². The fourth-order valence-corrected chi connectivity index (χ4v) is 0.364. The van der Waals surface area contributed by atoms with Crippen molar-refractivity contribution in [2.24, 2.45) is 0 Å². The van der Waals surface area contributed by atoms with E-state index in [-0.39, 0.29) is 17.1 Å². The van der Waals surface area contributed by atoms with Crippen LogP contribution in [-0.4, -0.2) is 18.5 Å². The molecule has 0 radical (unpaired) electrons. The van der Waals surface area contributed by atoms with Crippen LogP contribution < -0.4 is 0 Å². The van der Waals surface area contributed by atoms with Crippen LogP contribution in [0.2, 0.25) is 0 Å². The van der Waals surface area contributed by atoms with Crippen LogP contribution in [0.25, 0.3) is 0 Å². The van der Waals surface area contributed by atoms with Gasteiger partial charge in [-0.1, -0.05) is 13.2 Å². The molecule has 0 spiro atoms. The third-order valence-corrected chi connectivity index (χ3v) is 1.03. The van der Waals surface area contributed by atoms with Crippen molar-refractivity contribution in [2.75, 3.05) is 7.11 Å². The lowest BCUT2D eigenvalue weighted by atomic mass is 10.2. The van der Waals surface area contributed by atoms with E-state index in [0.29, 0.717) is 6.29 Å². The Kier molecular flexibility index (Phi) is 3.73. The van der Waals surface area contributed by atoms with Gasteiger partial charge < -0.3 is 9.84 Å². The highest BCUT2D eigenvalue weighted by Gasteiger charge is 1.97. The van der Waals surface area contributed by atoms with Crippen LogP contribution in [0.15, 0.2) is 36.3 Å². The number of carbonyl (C=O) groups excluding carboxylic acids is 1. The van der Waals surface area contributed by atoms with Gasteiger partial charge in [0.1, 0.15) is 11.5 Å². The molecule has 60 valence electrons. The van der Waals surface area contributed by atoms with Gasteiger partial charge in [0.15, 0.2) is 6.29 Å². The summed E-state index contributed by atoms with van der Waals surface area (Å²) >= 11 is 0. The van der Waals surface area contributed by atoms with E-state index in [2.05, 4.69) is 17.9 Å². The Bertz CT molecular complexity index is 213. The summed E-state index contributed by atoms with van der Waals surface area (Å²) in [6, 6.07) is 0. The number of aldehydes is 1. The van der Waals surface area contributed by atoms with Gasteiger partial charge in [0, 0.05) is 11.6 Å². The number of hydrogen-bond donors (Lipinski definition) is 1. The Hall–Kier alpha value is -1.51. The third-order valence-electron chi connectivity index (χ3n) is 1.03. The molecule has 3 heteroatoms. The van der Waals surface area contributed by atoms with Crippen LogP contribution in [-0.2, 0) is 9.53 Å². The number of methoxy groups -OCH3 is 1. The fraction of sp³-hybridized carbons (Fsp3) is 0.125. The molecule has 0 aliphatic rings. The van der Waals surface area contributed by atoms with Gasteiger partial charge in [-0.3, -0.25) is 4.79 Å². The first-order valence-corrected chi connectivity index (χ1v) is 2.89. The topological polar surface area (TPSA) is 46.5 Å². The van der Waals surface area contributed by atoms with Crippen LogP contribution in [0.1, 0.15) is 0 Å². The van der Waals surface area contributed by atoms with Crippen molar-refractivity contribution in [3.8, 4) is 0 Å². The minimum atomic E-state index is -0.230. The molecular weight excluding hydrogens is 144 g/mol. The maximum absolute atomic E-state index is 10.0. The molecule has 0 saturated heterocycles. The van der Waals surface area contributed by atoms with E-state index in [4.69, 9.17) is 5.11 Å². The van der Waals surface area contributed by atoms with Crippen molar-refractivity contribution in [1.82, 2.24) is 0 Å². The lowest BCUT2D eigenvalue weighted by molar-refractivity contribution is -0.104. The van der Waals surface area contributed by atoms with Gasteiger partial charge in [-0.05, 0) is 0 Å². The summed E-state index contributed by atoms with van der Waals surface area (Å²) in [4.78, 5) is 10.0. The highest BCUT2D eigenvalue weighted by atomic mass is 16.5. The predicted molar refractivity (Wildman–Crippen MR) is 42.1 cm³/mol. The average molecular weight is 154 g/mol. The first-order chi connectivity index (χ1) is 5.11. The van der Waals surface area contributed by atoms with Crippen molar-refractivity contribution >= 4 is 6.29 Å². The number of carbonyl (C=O) groups is 1. The van der Waals surface area contributed by atoms with Gasteiger partial charge in [0.2, 0.25) is 0 Å². The summed E-state index contributed by atoms with van der Waals surface area (Å²) in [5.41, 5.74) is 0.00296. The predicted octanol–water partition coefficient (Wildman–Crippen LogP) is 1.34. The van der Waals surface area contributed by atoms with Crippen LogP contribution in [0.4, 0.5) is 0 Å². The smallest absolute Gasteiger partial charge is 0.153 e. The Morgan fingerprint density at radius 1 is 1.55 bits per heavy atom. The van der Waals surface area contributed by atoms with Crippen molar-refractivity contribution in [2.45, 2.75) is 0 Å². The SMILES string of the molecule is C=C(/C=C(/O)C(=C)C=O)OC. The number of aliphatic hydroxyl groups is 1. The van der Waals surface area contributed by atoms with Crippen LogP contribution >= 0.6 is 0 Å². The van der Waals surface area contributed by atoms with Crippen molar-refractivity contribution in [1.29, 1.82) is 0 Å². The van der Waals surface area contributed by atoms with E-state index >= 15 is 0 Å². The largest absolute Gasteiger partial charge is 0.507 e. The summed E-state index contributed by atoms with van der Waals surface area (Å²) in [5, 5.41) is 9.01. The zero-order valence-electron chi connectivity index (χ0n) is 6.33. The van der Waals surface area contributed by atoms with E-state index in [1.165, 1.54) is 13.2 Å². The molecule has 1 N–H and O–H groups in total. The molecule has 0 saturated carbocycles. The zero-order valence-corrected chi connectivity index (χ0v) is 6.33. The minimum absolute atomic E-state index is 0.00296. The molecule has 0 aromatic rings. The van der Waals surface area contributed by atoms with Gasteiger partial charge in [-0.2, -0.15) is 0 Å². The minimum Gasteiger partial charge on any atom is -0.507 e. The van der Waals surface area contributed by atoms with E-state index in [1.54, 1.807) is 0 Å². The number of allylic oxidation sites excluding steroid dienone is 2. The molecule has 0 aliphatic heterocycles. The monoisotopic (exact) mass is 154 g/mol. The molecule has 0 amide bonds. The molecule has 0 bridgehead atoms. The van der Waals surface area contributed by atoms with E-state index in [1.807, 2.05) is 0 Å². The Morgan fingerprint density at radius 2 is 2.09 bits per heavy atom. The molecule has 0 aromatic carbocycles. The van der Waals surface area contributed by atoms with Gasteiger partial charge in [-0.25, -0.2) is 0 Å². The molecule has 0 atom stereocenters. The van der Waals surface area contributed by atoms with Crippen LogP contribution in [0, 0.1) is 0 Å². The molecular formula is C8H10O3. The second-order valence-corrected chi connectivity index (χ2v) is 1.84. The lowest BCUT2D eigenvalue weighted by Gasteiger charge is -1.98. The maximum atomic E-state index is 10.0. The van der Waals surface area contributed by atoms with Crippen LogP contribution in [0.5, 0.6) is 0 Å². The average Bonchev–Trinajstić information content (AvgIpc) is 2.02. The number of rotatable bonds is 4. The highest BCUT2D eigenvalue weighted by molar-refractivity contribution is 5.77. The second kappa shape index (κ2) is 4.33. The summed E-state index contributed by atoms with van der Waals surface area (Å²) in [6.45, 7) is 6.69. The van der Waals surface area contributed by atoms with Gasteiger partial charge >= 0.3 is 0 Å². The van der Waals surface area contributed by atoms with Crippen molar-refractivity contribution < 1.29 is 14.6 Å². The Morgan fingerprint density at radius 3 is 2.45 bits per heavy atom. The van der Waals surface area contributed by atoms with Crippen molar-refractivity contribution in [3.63, 3.8) is 0 Å². The summed E-state index contributed by atoms with van der Waals surface area (Å²) in [7, 11) is 1.41. The molecule has 0 fully saturated rings. The van der Waals surface area contributed by atoms with Crippen LogP contribution in [0.3, 0.4) is 0 Å². The van der Waals surface area contributed by atoms with E-state index in [9.17, 15) is 4.79 Å². The quantitative estimate of drug-likeness (QED) is 0.287. The Balaban J connectivity index is 4.33. The molecule has 0 unspecified atom stereocenters. The summed E-state index contributed by atoms with van der Waals surface area (Å²) in [5.74, 6) is 0.0392. The first kappa shape index (κ1) is 9.49. The standard InChI is InChI=1S/C8H10O3/c1-6(5-9)8(10)4-7(2)11-3/h4-5,10H,1-2H2,3H3/b8-4+. The summed E-state index contributed by atoms with van der Waals surface area (Å²) in [6.07, 6.45) is 1.67. The molecule has 0 aliphatic carbocycles. The normalized spacial score (nSPS) is 10.5. The van der Waals surface area contributed by atoms with Gasteiger partial charge in [-0.15, -0.1) is 0 Å². The number of hydrogen-bond acceptors (Lipinski definition) is 3. The van der Waals surface area contributed by atoms with E-state index < -0.39 is 0 Å². The molecule has 0 heterocycles. The van der Waals surface area contributed by atoms with Gasteiger partial charge in [0.25, 0.3) is 0 Å². The van der Waals surface area contributed by atoms with Gasteiger partial charge in [0.05, 0.1) is 7.11 Å². The third kappa shape index (κ3) is 3.25. The lowest BCUT2D eigenvalue weighted by Crippen LogP contribution is -1.89. The molecule has 0 rings (SSSR count). The number of aliphatic hydroxyl groups excluding tert-OH is 1. The van der Waals surface area contributed by atoms with E-state index in [0.717, 1.165) is 0 Å². The highest BCUT2D eigenvalue weighted by Crippen LogP contribution is 2.04. The molecule has 11 heavy (non-hydrogen) atoms. The molecule has 3 nitrogen and oxygen atoms in total. The first-order valence-electron chi connectivity index (χ1n) is 2.89. The fourth-order valence-electron chi connectivity index (χ4n) is 0.364. The maximum Gasteiger partial charge on any atom is 0.153 e. The summed E-state index contributed by atoms with van der Waals surface area (Å²) < 4.78 is 4.63. The second-order valence-electron chi connectivity index (χ2n) is 1.84.